The predicted molar refractivity (Wildman–Crippen MR) is 56.3 cm³/mol. The summed E-state index contributed by atoms with van der Waals surface area (Å²) in [7, 11) is 1.50. The molecule has 1 aromatic rings. The number of anilines is 1. The van der Waals surface area contributed by atoms with Crippen LogP contribution in [-0.2, 0) is 11.4 Å². The number of halogens is 1. The highest BCUT2D eigenvalue weighted by Gasteiger charge is 2.09. The van der Waals surface area contributed by atoms with Crippen molar-refractivity contribution < 1.29 is 14.6 Å². The van der Waals surface area contributed by atoms with Gasteiger partial charge in [0.15, 0.2) is 0 Å². The third-order valence-electron chi connectivity index (χ3n) is 1.74. The van der Waals surface area contributed by atoms with E-state index in [-0.39, 0.29) is 6.61 Å². The summed E-state index contributed by atoms with van der Waals surface area (Å²) in [5, 5.41) is 11.5. The second-order valence-corrected chi connectivity index (χ2v) is 3.48. The van der Waals surface area contributed by atoms with Crippen molar-refractivity contribution in [2.45, 2.75) is 6.61 Å². The molecule has 1 aromatic carbocycles. The van der Waals surface area contributed by atoms with Crippen LogP contribution in [0.3, 0.4) is 0 Å². The van der Waals surface area contributed by atoms with E-state index < -0.39 is 0 Å². The number of benzene rings is 1. The van der Waals surface area contributed by atoms with Gasteiger partial charge in [-0.1, -0.05) is 15.9 Å². The minimum Gasteiger partial charge on any atom is -0.495 e. The summed E-state index contributed by atoms with van der Waals surface area (Å²) in [6, 6.07) is 3.43. The normalized spacial score (nSPS) is 9.64. The molecule has 0 radical (unpaired) electrons. The van der Waals surface area contributed by atoms with E-state index in [2.05, 4.69) is 21.2 Å². The third-order valence-corrected chi connectivity index (χ3v) is 2.20. The number of hydrogen-bond acceptors (Lipinski definition) is 3. The van der Waals surface area contributed by atoms with Crippen LogP contribution in [-0.4, -0.2) is 18.6 Å². The van der Waals surface area contributed by atoms with Crippen LogP contribution in [0.25, 0.3) is 0 Å². The molecule has 0 aromatic heterocycles. The van der Waals surface area contributed by atoms with Crippen LogP contribution in [0.4, 0.5) is 5.69 Å². The number of aliphatic hydroxyl groups excluding tert-OH is 1. The van der Waals surface area contributed by atoms with Crippen LogP contribution in [0.15, 0.2) is 16.6 Å². The minimum atomic E-state index is -0.161. The van der Waals surface area contributed by atoms with Crippen molar-refractivity contribution >= 4 is 28.0 Å². The van der Waals surface area contributed by atoms with Crippen molar-refractivity contribution in [2.75, 3.05) is 12.4 Å². The van der Waals surface area contributed by atoms with E-state index in [1.807, 2.05) is 0 Å². The molecule has 4 nitrogen and oxygen atoms in total. The SMILES string of the molecule is COc1cc(Br)cc(CO)c1NC=O. The largest absolute Gasteiger partial charge is 0.495 e. The fourth-order valence-corrected chi connectivity index (χ4v) is 1.63. The quantitative estimate of drug-likeness (QED) is 0.807. The maximum atomic E-state index is 10.3. The number of carbonyl (C=O) groups is 1. The first kappa shape index (κ1) is 11.0. The van der Waals surface area contributed by atoms with E-state index in [0.29, 0.717) is 23.4 Å². The lowest BCUT2D eigenvalue weighted by Crippen LogP contribution is -2.02. The van der Waals surface area contributed by atoms with Crippen LogP contribution in [0.1, 0.15) is 5.56 Å². The number of ether oxygens (including phenoxy) is 1. The predicted octanol–water partition coefficient (Wildman–Crippen LogP) is 1.52. The first-order valence-corrected chi connectivity index (χ1v) is 4.69. The molecule has 0 fully saturated rings. The van der Waals surface area contributed by atoms with Gasteiger partial charge in [-0.05, 0) is 12.1 Å². The van der Waals surface area contributed by atoms with Crippen molar-refractivity contribution in [1.82, 2.24) is 0 Å². The zero-order valence-electron chi connectivity index (χ0n) is 7.58. The molecular weight excluding hydrogens is 250 g/mol. The summed E-state index contributed by atoms with van der Waals surface area (Å²) in [6.45, 7) is -0.161. The molecule has 0 heterocycles. The van der Waals surface area contributed by atoms with E-state index >= 15 is 0 Å². The molecule has 14 heavy (non-hydrogen) atoms. The summed E-state index contributed by atoms with van der Waals surface area (Å²) in [5.41, 5.74) is 1.09. The molecule has 2 N–H and O–H groups in total. The average Bonchev–Trinajstić information content (AvgIpc) is 2.20. The van der Waals surface area contributed by atoms with Gasteiger partial charge in [0.1, 0.15) is 5.75 Å². The maximum Gasteiger partial charge on any atom is 0.211 e. The number of hydrogen-bond donors (Lipinski definition) is 2. The van der Waals surface area contributed by atoms with Gasteiger partial charge in [-0.15, -0.1) is 0 Å². The Morgan fingerprint density at radius 1 is 1.64 bits per heavy atom. The lowest BCUT2D eigenvalue weighted by Gasteiger charge is -2.11. The molecule has 0 saturated heterocycles. The Balaban J connectivity index is 3.24. The van der Waals surface area contributed by atoms with Gasteiger partial charge in [0.2, 0.25) is 6.41 Å². The first-order valence-electron chi connectivity index (χ1n) is 3.90. The zero-order chi connectivity index (χ0) is 10.6. The second-order valence-electron chi connectivity index (χ2n) is 2.56. The Morgan fingerprint density at radius 2 is 2.36 bits per heavy atom. The molecule has 1 amide bonds. The van der Waals surface area contributed by atoms with Gasteiger partial charge in [-0.25, -0.2) is 0 Å². The lowest BCUT2D eigenvalue weighted by molar-refractivity contribution is -0.105. The van der Waals surface area contributed by atoms with Crippen LogP contribution in [0, 0.1) is 0 Å². The van der Waals surface area contributed by atoms with Crippen LogP contribution >= 0.6 is 15.9 Å². The summed E-state index contributed by atoms with van der Waals surface area (Å²) >= 11 is 3.27. The van der Waals surface area contributed by atoms with E-state index in [1.54, 1.807) is 12.1 Å². The molecule has 1 rings (SSSR count). The summed E-state index contributed by atoms with van der Waals surface area (Å²) in [5.74, 6) is 0.510. The average molecular weight is 260 g/mol. The van der Waals surface area contributed by atoms with Crippen molar-refractivity contribution in [2.24, 2.45) is 0 Å². The zero-order valence-corrected chi connectivity index (χ0v) is 9.17. The Kier molecular flexibility index (Phi) is 3.91. The number of methoxy groups -OCH3 is 1. The van der Waals surface area contributed by atoms with Gasteiger partial charge in [0.05, 0.1) is 19.4 Å². The number of amides is 1. The van der Waals surface area contributed by atoms with Gasteiger partial charge in [0.25, 0.3) is 0 Å². The highest BCUT2D eigenvalue weighted by Crippen LogP contribution is 2.32. The standard InChI is InChI=1S/C9H10BrNO3/c1-14-8-3-7(10)2-6(4-12)9(8)11-5-13/h2-3,5,12H,4H2,1H3,(H,11,13). The van der Waals surface area contributed by atoms with Gasteiger partial charge in [-0.3, -0.25) is 4.79 Å². The molecule has 0 atom stereocenters. The topological polar surface area (TPSA) is 58.6 Å². The first-order chi connectivity index (χ1) is 6.72. The van der Waals surface area contributed by atoms with Crippen LogP contribution in [0.5, 0.6) is 5.75 Å². The number of carbonyl (C=O) groups excluding carboxylic acids is 1. The fraction of sp³-hybridized carbons (Fsp3) is 0.222. The van der Waals surface area contributed by atoms with Gasteiger partial charge < -0.3 is 15.2 Å². The van der Waals surface area contributed by atoms with Crippen LogP contribution in [0.2, 0.25) is 0 Å². The van der Waals surface area contributed by atoms with E-state index in [4.69, 9.17) is 9.84 Å². The fourth-order valence-electron chi connectivity index (χ4n) is 1.14. The van der Waals surface area contributed by atoms with Gasteiger partial charge in [-0.2, -0.15) is 0 Å². The third kappa shape index (κ3) is 2.24. The van der Waals surface area contributed by atoms with E-state index in [9.17, 15) is 4.79 Å². The highest BCUT2D eigenvalue weighted by molar-refractivity contribution is 9.10. The number of rotatable bonds is 4. The second kappa shape index (κ2) is 4.97. The van der Waals surface area contributed by atoms with Gasteiger partial charge >= 0.3 is 0 Å². The Labute approximate surface area is 90.0 Å². The molecule has 5 heteroatoms. The summed E-state index contributed by atoms with van der Waals surface area (Å²) in [6.07, 6.45) is 0.547. The lowest BCUT2D eigenvalue weighted by atomic mass is 10.1. The van der Waals surface area contributed by atoms with Gasteiger partial charge in [0, 0.05) is 10.0 Å². The van der Waals surface area contributed by atoms with Crippen molar-refractivity contribution in [3.8, 4) is 5.75 Å². The molecule has 0 bridgehead atoms. The molecule has 0 aliphatic heterocycles. The van der Waals surface area contributed by atoms with E-state index in [1.165, 1.54) is 7.11 Å². The minimum absolute atomic E-state index is 0.161. The smallest absolute Gasteiger partial charge is 0.211 e. The van der Waals surface area contributed by atoms with Crippen molar-refractivity contribution in [3.05, 3.63) is 22.2 Å². The Hall–Kier alpha value is -1.07. The number of nitrogens with one attached hydrogen (secondary N) is 1. The van der Waals surface area contributed by atoms with Crippen molar-refractivity contribution in [3.63, 3.8) is 0 Å². The summed E-state index contributed by atoms with van der Waals surface area (Å²) in [4.78, 5) is 10.3. The highest BCUT2D eigenvalue weighted by atomic mass is 79.9. The summed E-state index contributed by atoms with van der Waals surface area (Å²) < 4.78 is 5.85. The number of aliphatic hydroxyl groups is 1. The van der Waals surface area contributed by atoms with Crippen LogP contribution < -0.4 is 10.1 Å². The molecule has 76 valence electrons. The molecular formula is C9H10BrNO3. The molecule has 0 aliphatic rings. The molecule has 0 unspecified atom stereocenters. The Bertz CT molecular complexity index is 316. The molecule has 0 spiro atoms. The molecule has 0 saturated carbocycles. The maximum absolute atomic E-state index is 10.3. The molecule has 0 aliphatic carbocycles. The Morgan fingerprint density at radius 3 is 2.86 bits per heavy atom. The van der Waals surface area contributed by atoms with Crippen molar-refractivity contribution in [1.29, 1.82) is 0 Å². The monoisotopic (exact) mass is 259 g/mol. The van der Waals surface area contributed by atoms with E-state index in [0.717, 1.165) is 4.47 Å².